The number of methoxy groups -OCH3 is 2. The van der Waals surface area contributed by atoms with Gasteiger partial charge in [-0.3, -0.25) is 4.79 Å². The molecule has 4 rings (SSSR count). The van der Waals surface area contributed by atoms with E-state index in [0.717, 1.165) is 37.2 Å². The van der Waals surface area contributed by atoms with Crippen molar-refractivity contribution in [2.24, 2.45) is 0 Å². The summed E-state index contributed by atoms with van der Waals surface area (Å²) in [5.41, 5.74) is 1.66. The maximum absolute atomic E-state index is 12.8. The number of benzene rings is 2. The van der Waals surface area contributed by atoms with Crippen LogP contribution in [0, 0.1) is 0 Å². The molecular formula is C23H25N3O4S. The van der Waals surface area contributed by atoms with Crippen molar-refractivity contribution in [3.8, 4) is 22.4 Å². The first kappa shape index (κ1) is 21.1. The molecule has 162 valence electrons. The molecule has 1 amide bonds. The molecule has 0 atom stereocenters. The van der Waals surface area contributed by atoms with Crippen molar-refractivity contribution in [2.45, 2.75) is 25.7 Å². The van der Waals surface area contributed by atoms with Gasteiger partial charge in [0.2, 0.25) is 0 Å². The quantitative estimate of drug-likeness (QED) is 0.537. The normalized spacial score (nSPS) is 13.7. The molecule has 31 heavy (non-hydrogen) atoms. The fourth-order valence-corrected chi connectivity index (χ4v) is 4.14. The van der Waals surface area contributed by atoms with E-state index in [1.54, 1.807) is 32.4 Å². The van der Waals surface area contributed by atoms with Crippen molar-refractivity contribution >= 4 is 17.4 Å². The molecule has 0 N–H and O–H groups in total. The predicted octanol–water partition coefficient (Wildman–Crippen LogP) is 4.56. The lowest BCUT2D eigenvalue weighted by Crippen LogP contribution is -2.35. The number of carbonyl (C=O) groups excluding carboxylic acids is 1. The Bertz CT molecular complexity index is 1050. The number of carbonyl (C=O) groups is 1. The van der Waals surface area contributed by atoms with Crippen LogP contribution in [0.1, 0.15) is 41.0 Å². The van der Waals surface area contributed by atoms with Crippen molar-refractivity contribution in [1.82, 2.24) is 14.3 Å². The first-order chi connectivity index (χ1) is 15.2. The minimum absolute atomic E-state index is 0.0287. The molecule has 3 aromatic rings. The molecule has 1 aliphatic rings. The van der Waals surface area contributed by atoms with Crippen LogP contribution in [-0.2, 0) is 6.42 Å². The molecule has 2 heterocycles. The van der Waals surface area contributed by atoms with Gasteiger partial charge in [-0.05, 0) is 55.2 Å². The monoisotopic (exact) mass is 439 g/mol. The lowest BCUT2D eigenvalue weighted by atomic mass is 10.1. The van der Waals surface area contributed by atoms with Gasteiger partial charge in [-0.2, -0.15) is 9.36 Å². The average Bonchev–Trinajstić information content (AvgIpc) is 3.26. The Balaban J connectivity index is 1.46. The molecule has 0 bridgehead atoms. The molecule has 1 saturated heterocycles. The van der Waals surface area contributed by atoms with E-state index in [4.69, 9.17) is 14.2 Å². The second-order valence-corrected chi connectivity index (χ2v) is 8.04. The number of aromatic nitrogens is 2. The van der Waals surface area contributed by atoms with Gasteiger partial charge in [0.05, 0.1) is 14.2 Å². The largest absolute Gasteiger partial charge is 0.497 e. The smallest absolute Gasteiger partial charge is 0.298 e. The molecule has 0 radical (unpaired) electrons. The SMILES string of the molecule is COc1cccc(Cc2nsc(Oc3ccc(C(=O)N4CCCCC4)cc3OC)n2)c1. The third-order valence-corrected chi connectivity index (χ3v) is 5.83. The van der Waals surface area contributed by atoms with Crippen LogP contribution < -0.4 is 14.2 Å². The molecule has 1 fully saturated rings. The van der Waals surface area contributed by atoms with Crippen LogP contribution in [-0.4, -0.2) is 47.5 Å². The fraction of sp³-hybridized carbons (Fsp3) is 0.348. The van der Waals surface area contributed by atoms with Gasteiger partial charge in [0.15, 0.2) is 17.3 Å². The summed E-state index contributed by atoms with van der Waals surface area (Å²) in [6.07, 6.45) is 3.87. The Kier molecular flexibility index (Phi) is 6.66. The zero-order chi connectivity index (χ0) is 21.6. The molecular weight excluding hydrogens is 414 g/mol. The fourth-order valence-electron chi connectivity index (χ4n) is 3.57. The van der Waals surface area contributed by atoms with Crippen molar-refractivity contribution in [3.63, 3.8) is 0 Å². The number of amides is 1. The number of rotatable bonds is 7. The summed E-state index contributed by atoms with van der Waals surface area (Å²) in [6.45, 7) is 1.61. The van der Waals surface area contributed by atoms with Crippen LogP contribution in [0.2, 0.25) is 0 Å². The highest BCUT2D eigenvalue weighted by atomic mass is 32.1. The van der Waals surface area contributed by atoms with E-state index in [2.05, 4.69) is 9.36 Å². The van der Waals surface area contributed by atoms with E-state index in [1.807, 2.05) is 29.2 Å². The Labute approximate surface area is 185 Å². The average molecular weight is 440 g/mol. The van der Waals surface area contributed by atoms with Gasteiger partial charge in [0, 0.05) is 36.6 Å². The third-order valence-electron chi connectivity index (χ3n) is 5.20. The van der Waals surface area contributed by atoms with Crippen molar-refractivity contribution in [2.75, 3.05) is 27.3 Å². The van der Waals surface area contributed by atoms with E-state index >= 15 is 0 Å². The highest BCUT2D eigenvalue weighted by Gasteiger charge is 2.20. The number of piperidine rings is 1. The Morgan fingerprint density at radius 2 is 1.87 bits per heavy atom. The highest BCUT2D eigenvalue weighted by molar-refractivity contribution is 7.07. The van der Waals surface area contributed by atoms with Crippen molar-refractivity contribution in [1.29, 1.82) is 0 Å². The lowest BCUT2D eigenvalue weighted by molar-refractivity contribution is 0.0724. The number of hydrogen-bond acceptors (Lipinski definition) is 7. The number of hydrogen-bond donors (Lipinski definition) is 0. The molecule has 8 heteroatoms. The molecule has 0 aliphatic carbocycles. The molecule has 7 nitrogen and oxygen atoms in total. The topological polar surface area (TPSA) is 73.8 Å². The maximum Gasteiger partial charge on any atom is 0.298 e. The number of nitrogens with zero attached hydrogens (tertiary/aromatic N) is 3. The van der Waals surface area contributed by atoms with Crippen LogP contribution >= 0.6 is 11.5 Å². The zero-order valence-corrected chi connectivity index (χ0v) is 18.5. The number of likely N-dealkylation sites (tertiary alicyclic amines) is 1. The second-order valence-electron chi connectivity index (χ2n) is 7.33. The summed E-state index contributed by atoms with van der Waals surface area (Å²) in [6, 6.07) is 13.1. The van der Waals surface area contributed by atoms with E-state index in [9.17, 15) is 4.79 Å². The van der Waals surface area contributed by atoms with Crippen LogP contribution in [0.3, 0.4) is 0 Å². The summed E-state index contributed by atoms with van der Waals surface area (Å²) in [5, 5.41) is 0.423. The van der Waals surface area contributed by atoms with Gasteiger partial charge in [-0.25, -0.2) is 0 Å². The first-order valence-electron chi connectivity index (χ1n) is 10.3. The van der Waals surface area contributed by atoms with Crippen LogP contribution in [0.4, 0.5) is 0 Å². The maximum atomic E-state index is 12.8. The molecule has 0 saturated carbocycles. The van der Waals surface area contributed by atoms with Gasteiger partial charge in [0.1, 0.15) is 5.75 Å². The predicted molar refractivity (Wildman–Crippen MR) is 119 cm³/mol. The van der Waals surface area contributed by atoms with Gasteiger partial charge < -0.3 is 19.1 Å². The first-order valence-corrected chi connectivity index (χ1v) is 11.0. The van der Waals surface area contributed by atoms with E-state index in [1.165, 1.54) is 18.0 Å². The van der Waals surface area contributed by atoms with Crippen LogP contribution in [0.15, 0.2) is 42.5 Å². The summed E-state index contributed by atoms with van der Waals surface area (Å²) >= 11 is 1.18. The summed E-state index contributed by atoms with van der Waals surface area (Å²) in [4.78, 5) is 19.1. The number of ether oxygens (including phenoxy) is 3. The molecule has 0 spiro atoms. The van der Waals surface area contributed by atoms with E-state index < -0.39 is 0 Å². The Morgan fingerprint density at radius 3 is 2.65 bits per heavy atom. The molecule has 0 unspecified atom stereocenters. The summed E-state index contributed by atoms with van der Waals surface area (Å²) < 4.78 is 21.0. The Hall–Kier alpha value is -3.13. The third kappa shape index (κ3) is 5.14. The van der Waals surface area contributed by atoms with E-state index in [0.29, 0.717) is 34.5 Å². The minimum atomic E-state index is 0.0287. The zero-order valence-electron chi connectivity index (χ0n) is 17.7. The molecule has 1 aromatic heterocycles. The summed E-state index contributed by atoms with van der Waals surface area (Å²) in [7, 11) is 3.20. The second kappa shape index (κ2) is 9.78. The molecule has 1 aliphatic heterocycles. The highest BCUT2D eigenvalue weighted by Crippen LogP contribution is 2.33. The van der Waals surface area contributed by atoms with E-state index in [-0.39, 0.29) is 5.91 Å². The summed E-state index contributed by atoms with van der Waals surface area (Å²) in [5.74, 6) is 2.49. The standard InChI is InChI=1S/C23H25N3O4S/c1-28-18-8-6-7-16(13-18)14-21-24-23(31-25-21)30-19-10-9-17(15-20(19)29-2)22(27)26-11-4-3-5-12-26/h6-10,13,15H,3-5,11-12,14H2,1-2H3. The van der Waals surface area contributed by atoms with Crippen LogP contribution in [0.5, 0.6) is 22.4 Å². The molecule has 2 aromatic carbocycles. The lowest BCUT2D eigenvalue weighted by Gasteiger charge is -2.26. The van der Waals surface area contributed by atoms with Gasteiger partial charge in [-0.15, -0.1) is 0 Å². The van der Waals surface area contributed by atoms with Gasteiger partial charge in [0.25, 0.3) is 11.1 Å². The minimum Gasteiger partial charge on any atom is -0.497 e. The van der Waals surface area contributed by atoms with Crippen molar-refractivity contribution in [3.05, 3.63) is 59.4 Å². The Morgan fingerprint density at radius 1 is 1.03 bits per heavy atom. The van der Waals surface area contributed by atoms with Gasteiger partial charge >= 0.3 is 0 Å². The van der Waals surface area contributed by atoms with Crippen molar-refractivity contribution < 1.29 is 19.0 Å². The van der Waals surface area contributed by atoms with Gasteiger partial charge in [-0.1, -0.05) is 12.1 Å². The van der Waals surface area contributed by atoms with Crippen LogP contribution in [0.25, 0.3) is 0 Å².